The van der Waals surface area contributed by atoms with Crippen molar-refractivity contribution in [3.05, 3.63) is 70.0 Å². The zero-order chi connectivity index (χ0) is 29.1. The van der Waals surface area contributed by atoms with Crippen LogP contribution in [0.2, 0.25) is 0 Å². The van der Waals surface area contributed by atoms with Crippen LogP contribution in [-0.4, -0.2) is 55.7 Å². The molecule has 0 saturated carbocycles. The molecule has 1 N–H and O–H groups in total. The molecule has 0 bridgehead atoms. The van der Waals surface area contributed by atoms with Crippen LogP contribution in [0.15, 0.2) is 36.4 Å². The van der Waals surface area contributed by atoms with Crippen LogP contribution in [0.4, 0.5) is 35.5 Å². The first kappa shape index (κ1) is 30.7. The number of aryl methyl sites for hydroxylation is 1. The molecule has 0 aromatic heterocycles. The highest BCUT2D eigenvalue weighted by molar-refractivity contribution is 5.75. The molecule has 1 heterocycles. The second-order valence-corrected chi connectivity index (χ2v) is 9.79. The molecule has 5 nitrogen and oxygen atoms in total. The first-order valence-electron chi connectivity index (χ1n) is 12.4. The summed E-state index contributed by atoms with van der Waals surface area (Å²) >= 11 is 0. The standard InChI is InChI=1S/C27H32F7N3O2/c1-16-11-21(28)5-6-23(16)24-15-22(35-8-10-39-4)7-9-37(24)25(38)36(3)17(2)18-12-19(26(29,30)31)14-20(13-18)27(32,33)34/h5-6,11-14,17,22,24,35H,7-10,15H2,1-4H3/t17-,22-,24-/m1/s1. The van der Waals surface area contributed by atoms with E-state index in [1.165, 1.54) is 26.1 Å². The maximum Gasteiger partial charge on any atom is 0.416 e. The summed E-state index contributed by atoms with van der Waals surface area (Å²) in [6.07, 6.45) is -8.95. The van der Waals surface area contributed by atoms with Crippen LogP contribution < -0.4 is 5.32 Å². The van der Waals surface area contributed by atoms with Crippen LogP contribution in [0, 0.1) is 12.7 Å². The summed E-state index contributed by atoms with van der Waals surface area (Å²) in [6, 6.07) is 3.44. The Hall–Kier alpha value is -2.86. The molecule has 1 saturated heterocycles. The Balaban J connectivity index is 1.93. The number of methoxy groups -OCH3 is 1. The Morgan fingerprint density at radius 2 is 1.72 bits per heavy atom. The van der Waals surface area contributed by atoms with Crippen molar-refractivity contribution in [2.45, 2.75) is 57.2 Å². The number of alkyl halides is 6. The maximum atomic E-state index is 13.8. The lowest BCUT2D eigenvalue weighted by atomic mass is 9.89. The van der Waals surface area contributed by atoms with Gasteiger partial charge in [0.2, 0.25) is 0 Å². The third-order valence-corrected chi connectivity index (χ3v) is 7.15. The SMILES string of the molecule is COCCN[C@@H]1CCN(C(=O)N(C)[C@H](C)c2cc(C(F)(F)F)cc(C(F)(F)F)c2)[C@@H](c2ccc(F)cc2C)C1. The van der Waals surface area contributed by atoms with Gasteiger partial charge in [0, 0.05) is 33.3 Å². The maximum absolute atomic E-state index is 13.8. The average Bonchev–Trinajstić information content (AvgIpc) is 2.86. The Kier molecular flexibility index (Phi) is 9.53. The molecule has 2 aromatic carbocycles. The lowest BCUT2D eigenvalue weighted by Crippen LogP contribution is -2.51. The monoisotopic (exact) mass is 563 g/mol. The van der Waals surface area contributed by atoms with Gasteiger partial charge in [0.05, 0.1) is 29.8 Å². The number of ether oxygens (including phenoxy) is 1. The van der Waals surface area contributed by atoms with Gasteiger partial charge in [-0.15, -0.1) is 0 Å². The predicted octanol–water partition coefficient (Wildman–Crippen LogP) is 6.73. The Morgan fingerprint density at radius 1 is 1.10 bits per heavy atom. The van der Waals surface area contributed by atoms with Crippen LogP contribution in [0.3, 0.4) is 0 Å². The van der Waals surface area contributed by atoms with Crippen LogP contribution in [0.1, 0.15) is 59.7 Å². The third kappa shape index (κ3) is 7.42. The molecular weight excluding hydrogens is 531 g/mol. The number of carbonyl (C=O) groups excluding carboxylic acids is 1. The summed E-state index contributed by atoms with van der Waals surface area (Å²) < 4.78 is 99.3. The van der Waals surface area contributed by atoms with E-state index in [4.69, 9.17) is 4.74 Å². The highest BCUT2D eigenvalue weighted by Crippen LogP contribution is 2.39. The van der Waals surface area contributed by atoms with Gasteiger partial charge >= 0.3 is 18.4 Å². The molecule has 0 aliphatic carbocycles. The molecule has 39 heavy (non-hydrogen) atoms. The number of nitrogens with one attached hydrogen (secondary N) is 1. The number of hydrogen-bond acceptors (Lipinski definition) is 3. The van der Waals surface area contributed by atoms with Gasteiger partial charge in [-0.05, 0) is 73.7 Å². The number of benzene rings is 2. The van der Waals surface area contributed by atoms with E-state index in [0.29, 0.717) is 49.3 Å². The van der Waals surface area contributed by atoms with Crippen molar-refractivity contribution in [2.75, 3.05) is 33.9 Å². The number of likely N-dealkylation sites (tertiary alicyclic amines) is 1. The van der Waals surface area contributed by atoms with Gasteiger partial charge in [-0.3, -0.25) is 0 Å². The van der Waals surface area contributed by atoms with Gasteiger partial charge in [-0.1, -0.05) is 6.07 Å². The molecule has 216 valence electrons. The van der Waals surface area contributed by atoms with Crippen molar-refractivity contribution in [3.8, 4) is 0 Å². The van der Waals surface area contributed by atoms with Gasteiger partial charge in [-0.25, -0.2) is 9.18 Å². The van der Waals surface area contributed by atoms with E-state index in [2.05, 4.69) is 5.32 Å². The van der Waals surface area contributed by atoms with E-state index >= 15 is 0 Å². The molecule has 2 amide bonds. The van der Waals surface area contributed by atoms with E-state index in [0.717, 1.165) is 4.90 Å². The number of rotatable bonds is 7. The van der Waals surface area contributed by atoms with Crippen molar-refractivity contribution in [3.63, 3.8) is 0 Å². The van der Waals surface area contributed by atoms with E-state index in [1.807, 2.05) is 0 Å². The highest BCUT2D eigenvalue weighted by Gasteiger charge is 2.39. The van der Waals surface area contributed by atoms with Gasteiger partial charge in [0.15, 0.2) is 0 Å². The van der Waals surface area contributed by atoms with Crippen molar-refractivity contribution in [1.29, 1.82) is 0 Å². The molecule has 1 aliphatic heterocycles. The fraction of sp³-hybridized carbons (Fsp3) is 0.519. The Morgan fingerprint density at radius 3 is 2.26 bits per heavy atom. The van der Waals surface area contributed by atoms with E-state index in [9.17, 15) is 35.5 Å². The highest BCUT2D eigenvalue weighted by atomic mass is 19.4. The van der Waals surface area contributed by atoms with Crippen LogP contribution in [0.5, 0.6) is 0 Å². The largest absolute Gasteiger partial charge is 0.416 e. The normalized spacial score (nSPS) is 19.2. The fourth-order valence-electron chi connectivity index (χ4n) is 4.86. The number of urea groups is 1. The molecule has 1 aliphatic rings. The minimum absolute atomic E-state index is 0.0131. The molecule has 0 radical (unpaired) electrons. The average molecular weight is 564 g/mol. The minimum Gasteiger partial charge on any atom is -0.383 e. The molecule has 1 fully saturated rings. The lowest BCUT2D eigenvalue weighted by Gasteiger charge is -2.43. The first-order chi connectivity index (χ1) is 18.1. The van der Waals surface area contributed by atoms with Gasteiger partial charge in [0.25, 0.3) is 0 Å². The van der Waals surface area contributed by atoms with Crippen molar-refractivity contribution in [1.82, 2.24) is 15.1 Å². The molecule has 3 atom stereocenters. The van der Waals surface area contributed by atoms with Gasteiger partial charge in [-0.2, -0.15) is 26.3 Å². The molecule has 0 unspecified atom stereocenters. The summed E-state index contributed by atoms with van der Waals surface area (Å²) in [5.74, 6) is -0.435. The van der Waals surface area contributed by atoms with Crippen LogP contribution >= 0.6 is 0 Å². The predicted molar refractivity (Wildman–Crippen MR) is 132 cm³/mol. The number of nitrogens with zero attached hydrogens (tertiary/aromatic N) is 2. The zero-order valence-corrected chi connectivity index (χ0v) is 22.1. The Labute approximate surface area is 222 Å². The zero-order valence-electron chi connectivity index (χ0n) is 22.1. The fourth-order valence-corrected chi connectivity index (χ4v) is 4.86. The third-order valence-electron chi connectivity index (χ3n) is 7.15. The number of amides is 2. The molecule has 3 rings (SSSR count). The number of carbonyl (C=O) groups is 1. The molecule has 2 aromatic rings. The number of piperidine rings is 1. The smallest absolute Gasteiger partial charge is 0.383 e. The summed E-state index contributed by atoms with van der Waals surface area (Å²) in [5.41, 5.74) is -1.84. The topological polar surface area (TPSA) is 44.8 Å². The quantitative estimate of drug-likeness (QED) is 0.300. The second-order valence-electron chi connectivity index (χ2n) is 9.79. The van der Waals surface area contributed by atoms with Crippen molar-refractivity contribution < 1.29 is 40.3 Å². The summed E-state index contributed by atoms with van der Waals surface area (Å²) in [6.45, 7) is 4.44. The number of hydrogen-bond donors (Lipinski definition) is 1. The molecular formula is C27H32F7N3O2. The minimum atomic E-state index is -5.00. The van der Waals surface area contributed by atoms with Crippen LogP contribution in [0.25, 0.3) is 0 Å². The summed E-state index contributed by atoms with van der Waals surface area (Å²) in [5, 5.41) is 3.37. The lowest BCUT2D eigenvalue weighted by molar-refractivity contribution is -0.143. The first-order valence-corrected chi connectivity index (χ1v) is 12.4. The molecule has 12 heteroatoms. The van der Waals surface area contributed by atoms with Crippen molar-refractivity contribution >= 4 is 6.03 Å². The summed E-state index contributed by atoms with van der Waals surface area (Å²) in [7, 11) is 2.92. The summed E-state index contributed by atoms with van der Waals surface area (Å²) in [4.78, 5) is 16.4. The number of halogens is 7. The van der Waals surface area contributed by atoms with E-state index in [-0.39, 0.29) is 24.2 Å². The van der Waals surface area contributed by atoms with Crippen LogP contribution in [-0.2, 0) is 17.1 Å². The van der Waals surface area contributed by atoms with Gasteiger partial charge in [0.1, 0.15) is 5.82 Å². The molecule has 0 spiro atoms. The van der Waals surface area contributed by atoms with E-state index in [1.54, 1.807) is 25.0 Å². The Bertz CT molecular complexity index is 1120. The van der Waals surface area contributed by atoms with E-state index < -0.39 is 47.4 Å². The van der Waals surface area contributed by atoms with Gasteiger partial charge < -0.3 is 19.9 Å². The second kappa shape index (κ2) is 12.1. The van der Waals surface area contributed by atoms with Crippen molar-refractivity contribution in [2.24, 2.45) is 0 Å².